The molecule has 0 radical (unpaired) electrons. The normalized spacial score (nSPS) is 20.4. The molecule has 1 aromatic rings. The molecule has 6 heteroatoms. The summed E-state index contributed by atoms with van der Waals surface area (Å²) in [4.78, 5) is 13.2. The molecule has 1 amide bonds. The van der Waals surface area contributed by atoms with E-state index >= 15 is 0 Å². The van der Waals surface area contributed by atoms with Gasteiger partial charge in [-0.3, -0.25) is 4.79 Å². The van der Waals surface area contributed by atoms with Gasteiger partial charge in [0.2, 0.25) is 0 Å². The molecule has 0 aromatic heterocycles. The number of rotatable bonds is 9. The van der Waals surface area contributed by atoms with E-state index in [1.165, 1.54) is 19.2 Å². The van der Waals surface area contributed by atoms with Crippen LogP contribution in [-0.2, 0) is 19.6 Å². The molecular weight excluding hydrogens is 362 g/mol. The third-order valence-corrected chi connectivity index (χ3v) is 6.97. The number of aryl methyl sites for hydroxylation is 1. The maximum Gasteiger partial charge on any atom is 0.269 e. The Hall–Kier alpha value is -1.66. The van der Waals surface area contributed by atoms with Gasteiger partial charge in [0, 0.05) is 18.6 Å². The second kappa shape index (κ2) is 8.57. The number of unbranched alkanes of at least 4 members (excludes halogenated alkanes) is 3. The molecular formula is C21H31NO4S. The molecule has 0 spiro atoms. The molecule has 0 N–H and O–H groups in total. The highest BCUT2D eigenvalue weighted by atomic mass is 32.2. The molecule has 0 bridgehead atoms. The first-order valence-corrected chi connectivity index (χ1v) is 11.1. The lowest BCUT2D eigenvalue weighted by Gasteiger charge is -2.38. The summed E-state index contributed by atoms with van der Waals surface area (Å²) in [6.45, 7) is 7.75. The number of methoxy groups -OCH3 is 1. The van der Waals surface area contributed by atoms with Gasteiger partial charge in [-0.15, -0.1) is 0 Å². The van der Waals surface area contributed by atoms with Crippen molar-refractivity contribution in [3.8, 4) is 0 Å². The smallest absolute Gasteiger partial charge is 0.269 e. The highest BCUT2D eigenvalue weighted by Gasteiger charge is 2.53. The molecule has 0 fully saturated rings. The molecule has 150 valence electrons. The second-order valence-corrected chi connectivity index (χ2v) is 9.27. The first-order valence-electron chi connectivity index (χ1n) is 9.64. The summed E-state index contributed by atoms with van der Waals surface area (Å²) >= 11 is 0. The number of benzene rings is 1. The van der Waals surface area contributed by atoms with Crippen LogP contribution < -0.4 is 0 Å². The number of carbonyl (C=O) groups excluding carboxylic acids is 1. The van der Waals surface area contributed by atoms with E-state index in [9.17, 15) is 13.2 Å². The first kappa shape index (κ1) is 21.6. The Morgan fingerprint density at radius 3 is 2.26 bits per heavy atom. The predicted molar refractivity (Wildman–Crippen MR) is 107 cm³/mol. The number of hydrogen-bond acceptors (Lipinski definition) is 4. The lowest BCUT2D eigenvalue weighted by Crippen LogP contribution is -2.54. The van der Waals surface area contributed by atoms with E-state index in [0.29, 0.717) is 12.0 Å². The van der Waals surface area contributed by atoms with Crippen molar-refractivity contribution in [2.75, 3.05) is 7.11 Å². The van der Waals surface area contributed by atoms with Crippen LogP contribution in [0.2, 0.25) is 0 Å². The van der Waals surface area contributed by atoms with Crippen molar-refractivity contribution in [2.24, 2.45) is 5.92 Å². The van der Waals surface area contributed by atoms with Gasteiger partial charge in [-0.1, -0.05) is 57.7 Å². The largest absolute Gasteiger partial charge is 0.354 e. The molecule has 0 aliphatic carbocycles. The maximum absolute atomic E-state index is 13.3. The van der Waals surface area contributed by atoms with Gasteiger partial charge in [0.25, 0.3) is 15.9 Å². The van der Waals surface area contributed by atoms with Crippen LogP contribution in [0.25, 0.3) is 0 Å². The number of ether oxygens (including phenoxy) is 1. The van der Waals surface area contributed by atoms with Crippen molar-refractivity contribution in [2.45, 2.75) is 70.4 Å². The third-order valence-electron chi connectivity index (χ3n) is 5.17. The second-order valence-electron chi connectivity index (χ2n) is 7.48. The summed E-state index contributed by atoms with van der Waals surface area (Å²) in [6.07, 6.45) is 6.38. The van der Waals surface area contributed by atoms with Gasteiger partial charge in [0.05, 0.1) is 4.90 Å². The van der Waals surface area contributed by atoms with Crippen LogP contribution in [0.1, 0.15) is 58.4 Å². The zero-order valence-corrected chi connectivity index (χ0v) is 17.8. The molecule has 1 unspecified atom stereocenters. The van der Waals surface area contributed by atoms with Gasteiger partial charge >= 0.3 is 0 Å². The van der Waals surface area contributed by atoms with Crippen molar-refractivity contribution in [1.82, 2.24) is 4.31 Å². The number of carbonyl (C=O) groups is 1. The average molecular weight is 394 g/mol. The Balaban J connectivity index is 2.44. The van der Waals surface area contributed by atoms with Crippen LogP contribution in [-0.4, -0.2) is 31.5 Å². The summed E-state index contributed by atoms with van der Waals surface area (Å²) in [5, 5.41) is 0. The molecule has 0 saturated carbocycles. The molecule has 1 aromatic carbocycles. The SMILES string of the molecule is CCCCCCC1=CC(OC)(C(C)C)N(S(=O)(=O)c2ccc(C)cc2)C1=O. The van der Waals surface area contributed by atoms with E-state index in [2.05, 4.69) is 6.92 Å². The van der Waals surface area contributed by atoms with Gasteiger partial charge in [-0.05, 0) is 38.0 Å². The molecule has 1 atom stereocenters. The Bertz CT molecular complexity index is 796. The minimum absolute atomic E-state index is 0.101. The highest BCUT2D eigenvalue weighted by molar-refractivity contribution is 7.89. The highest BCUT2D eigenvalue weighted by Crippen LogP contribution is 2.41. The Kier molecular flexibility index (Phi) is 6.87. The molecule has 1 heterocycles. The number of sulfonamides is 1. The minimum atomic E-state index is -4.03. The number of amides is 1. The van der Waals surface area contributed by atoms with E-state index in [4.69, 9.17) is 4.74 Å². The first-order chi connectivity index (χ1) is 12.7. The van der Waals surface area contributed by atoms with Crippen LogP contribution in [0, 0.1) is 12.8 Å². The molecule has 2 rings (SSSR count). The maximum atomic E-state index is 13.3. The molecule has 1 aliphatic rings. The van der Waals surface area contributed by atoms with Crippen molar-refractivity contribution in [1.29, 1.82) is 0 Å². The lowest BCUT2D eigenvalue weighted by molar-refractivity contribution is -0.139. The zero-order valence-electron chi connectivity index (χ0n) is 17.0. The summed E-state index contributed by atoms with van der Waals surface area (Å²) in [7, 11) is -2.57. The van der Waals surface area contributed by atoms with Gasteiger partial charge in [0.1, 0.15) is 0 Å². The van der Waals surface area contributed by atoms with Crippen molar-refractivity contribution in [3.63, 3.8) is 0 Å². The molecule has 5 nitrogen and oxygen atoms in total. The van der Waals surface area contributed by atoms with Crippen molar-refractivity contribution >= 4 is 15.9 Å². The van der Waals surface area contributed by atoms with Crippen molar-refractivity contribution < 1.29 is 17.9 Å². The Morgan fingerprint density at radius 1 is 1.11 bits per heavy atom. The third kappa shape index (κ3) is 4.11. The zero-order chi connectivity index (χ0) is 20.2. The van der Waals surface area contributed by atoms with Crippen LogP contribution in [0.3, 0.4) is 0 Å². The fourth-order valence-corrected chi connectivity index (χ4v) is 5.21. The Labute approximate surface area is 163 Å². The van der Waals surface area contributed by atoms with Crippen LogP contribution in [0.5, 0.6) is 0 Å². The van der Waals surface area contributed by atoms with Crippen LogP contribution >= 0.6 is 0 Å². The molecule has 1 aliphatic heterocycles. The lowest BCUT2D eigenvalue weighted by atomic mass is 9.98. The van der Waals surface area contributed by atoms with Gasteiger partial charge in [-0.2, -0.15) is 4.31 Å². The van der Waals surface area contributed by atoms with E-state index < -0.39 is 21.7 Å². The van der Waals surface area contributed by atoms with E-state index in [1.807, 2.05) is 20.8 Å². The predicted octanol–water partition coefficient (Wildman–Crippen LogP) is 4.42. The topological polar surface area (TPSA) is 63.7 Å². The summed E-state index contributed by atoms with van der Waals surface area (Å²) in [5.74, 6) is -0.692. The fourth-order valence-electron chi connectivity index (χ4n) is 3.47. The minimum Gasteiger partial charge on any atom is -0.354 e. The van der Waals surface area contributed by atoms with Gasteiger partial charge in [-0.25, -0.2) is 8.42 Å². The van der Waals surface area contributed by atoms with Crippen LogP contribution in [0.15, 0.2) is 40.8 Å². The summed E-state index contributed by atoms with van der Waals surface area (Å²) in [6, 6.07) is 6.54. The fraction of sp³-hybridized carbons (Fsp3) is 0.571. The van der Waals surface area contributed by atoms with E-state index in [1.54, 1.807) is 18.2 Å². The molecule has 27 heavy (non-hydrogen) atoms. The standard InChI is InChI=1S/C21H31NO4S/c1-6-7-8-9-10-18-15-21(26-5,16(2)3)22(20(18)23)27(24,25)19-13-11-17(4)12-14-19/h11-16H,6-10H2,1-5H3. The Morgan fingerprint density at radius 2 is 1.74 bits per heavy atom. The van der Waals surface area contributed by atoms with E-state index in [0.717, 1.165) is 35.6 Å². The van der Waals surface area contributed by atoms with E-state index in [-0.39, 0.29) is 10.8 Å². The average Bonchev–Trinajstić information content (AvgIpc) is 2.93. The quantitative estimate of drug-likeness (QED) is 0.583. The monoisotopic (exact) mass is 393 g/mol. The van der Waals surface area contributed by atoms with Gasteiger partial charge < -0.3 is 4.74 Å². The summed E-state index contributed by atoms with van der Waals surface area (Å²) in [5.41, 5.74) is 0.191. The molecule has 0 saturated heterocycles. The van der Waals surface area contributed by atoms with Gasteiger partial charge in [0.15, 0.2) is 5.72 Å². The summed E-state index contributed by atoms with van der Waals surface area (Å²) < 4.78 is 33.3. The number of hydrogen-bond donors (Lipinski definition) is 0. The number of nitrogens with zero attached hydrogens (tertiary/aromatic N) is 1. The van der Waals surface area contributed by atoms with Crippen LogP contribution in [0.4, 0.5) is 0 Å². The van der Waals surface area contributed by atoms with Crippen molar-refractivity contribution in [3.05, 3.63) is 41.5 Å².